The maximum atomic E-state index is 11.7. The van der Waals surface area contributed by atoms with Crippen LogP contribution in [0.1, 0.15) is 20.3 Å². The zero-order valence-electron chi connectivity index (χ0n) is 9.98. The number of carbonyl (C=O) groups excluding carboxylic acids is 1. The molecule has 0 spiro atoms. The molecule has 0 saturated carbocycles. The lowest BCUT2D eigenvalue weighted by Gasteiger charge is -2.33. The first kappa shape index (κ1) is 13.0. The van der Waals surface area contributed by atoms with Gasteiger partial charge in [-0.05, 0) is 12.3 Å². The molecule has 0 radical (unpaired) electrons. The van der Waals surface area contributed by atoms with Crippen LogP contribution in [0.4, 0.5) is 0 Å². The Morgan fingerprint density at radius 2 is 1.94 bits per heavy atom. The van der Waals surface area contributed by atoms with Crippen LogP contribution in [0.3, 0.4) is 0 Å². The minimum atomic E-state index is -0.878. The van der Waals surface area contributed by atoms with Crippen LogP contribution in [0.25, 0.3) is 0 Å². The number of hydrogen-bond donors (Lipinski definition) is 1. The van der Waals surface area contributed by atoms with Crippen LogP contribution >= 0.6 is 0 Å². The minimum absolute atomic E-state index is 0.0492. The van der Waals surface area contributed by atoms with Gasteiger partial charge in [0.15, 0.2) is 0 Å². The third kappa shape index (κ3) is 4.18. The van der Waals surface area contributed by atoms with Crippen molar-refractivity contribution in [3.63, 3.8) is 0 Å². The van der Waals surface area contributed by atoms with E-state index in [2.05, 4.69) is 0 Å². The van der Waals surface area contributed by atoms with Crippen molar-refractivity contribution < 1.29 is 14.7 Å². The largest absolute Gasteiger partial charge is 0.480 e. The summed E-state index contributed by atoms with van der Waals surface area (Å²) in [5.41, 5.74) is 0. The van der Waals surface area contributed by atoms with Gasteiger partial charge in [-0.25, -0.2) is 0 Å². The van der Waals surface area contributed by atoms with E-state index < -0.39 is 5.97 Å². The highest BCUT2D eigenvalue weighted by Gasteiger charge is 2.23. The lowest BCUT2D eigenvalue weighted by Crippen LogP contribution is -2.48. The lowest BCUT2D eigenvalue weighted by atomic mass is 10.2. The van der Waals surface area contributed by atoms with Gasteiger partial charge in [0.25, 0.3) is 0 Å². The third-order valence-electron chi connectivity index (χ3n) is 2.55. The van der Waals surface area contributed by atoms with Crippen molar-refractivity contribution in [2.75, 3.05) is 32.7 Å². The Bertz CT molecular complexity index is 262. The van der Waals surface area contributed by atoms with Crippen molar-refractivity contribution >= 4 is 11.9 Å². The van der Waals surface area contributed by atoms with E-state index in [1.54, 1.807) is 9.80 Å². The van der Waals surface area contributed by atoms with E-state index in [0.717, 1.165) is 19.5 Å². The number of carboxylic acid groups (broad SMARTS) is 1. The summed E-state index contributed by atoms with van der Waals surface area (Å²) in [6.45, 7) is 6.49. The summed E-state index contributed by atoms with van der Waals surface area (Å²) in [6.07, 6.45) is 1.06. The van der Waals surface area contributed by atoms with Gasteiger partial charge in [0.05, 0.1) is 13.1 Å². The summed E-state index contributed by atoms with van der Waals surface area (Å²) in [6, 6.07) is 0. The van der Waals surface area contributed by atoms with Gasteiger partial charge in [0.2, 0.25) is 5.91 Å². The standard InChI is InChI=1S/C11H20N2O3/c1-9(2)6-12(8-11(15)16)7-10(14)13-4-3-5-13/h9H,3-8H2,1-2H3,(H,15,16). The van der Waals surface area contributed by atoms with E-state index in [1.807, 2.05) is 13.8 Å². The Kier molecular flexibility index (Phi) is 4.73. The van der Waals surface area contributed by atoms with Gasteiger partial charge >= 0.3 is 5.97 Å². The van der Waals surface area contributed by atoms with E-state index in [-0.39, 0.29) is 19.0 Å². The van der Waals surface area contributed by atoms with Crippen LogP contribution < -0.4 is 0 Å². The van der Waals surface area contributed by atoms with Crippen molar-refractivity contribution in [1.29, 1.82) is 0 Å². The molecule has 92 valence electrons. The first-order chi connectivity index (χ1) is 7.49. The van der Waals surface area contributed by atoms with Crippen molar-refractivity contribution in [2.24, 2.45) is 5.92 Å². The molecule has 16 heavy (non-hydrogen) atoms. The molecule has 1 rings (SSSR count). The highest BCUT2D eigenvalue weighted by atomic mass is 16.4. The first-order valence-corrected chi connectivity index (χ1v) is 5.71. The molecule has 0 bridgehead atoms. The number of amides is 1. The lowest BCUT2D eigenvalue weighted by molar-refractivity contribution is -0.140. The van der Waals surface area contributed by atoms with Crippen LogP contribution in [-0.4, -0.2) is 59.5 Å². The van der Waals surface area contributed by atoms with Gasteiger partial charge in [-0.3, -0.25) is 14.5 Å². The predicted molar refractivity (Wildman–Crippen MR) is 60.1 cm³/mol. The monoisotopic (exact) mass is 228 g/mol. The van der Waals surface area contributed by atoms with Gasteiger partial charge in [-0.2, -0.15) is 0 Å². The highest BCUT2D eigenvalue weighted by Crippen LogP contribution is 2.07. The van der Waals surface area contributed by atoms with Crippen LogP contribution in [0.15, 0.2) is 0 Å². The predicted octanol–water partition coefficient (Wildman–Crippen LogP) is 0.261. The second kappa shape index (κ2) is 5.84. The molecule has 0 atom stereocenters. The molecule has 1 saturated heterocycles. The number of carbonyl (C=O) groups is 2. The molecular weight excluding hydrogens is 208 g/mol. The topological polar surface area (TPSA) is 60.9 Å². The summed E-state index contributed by atoms with van der Waals surface area (Å²) in [5, 5.41) is 8.75. The molecule has 0 unspecified atom stereocenters. The van der Waals surface area contributed by atoms with Crippen LogP contribution in [0, 0.1) is 5.92 Å². The molecule has 0 aromatic carbocycles. The zero-order chi connectivity index (χ0) is 12.1. The van der Waals surface area contributed by atoms with Crippen LogP contribution in [0.5, 0.6) is 0 Å². The molecule has 5 heteroatoms. The van der Waals surface area contributed by atoms with Crippen LogP contribution in [-0.2, 0) is 9.59 Å². The van der Waals surface area contributed by atoms with Crippen molar-refractivity contribution in [3.8, 4) is 0 Å². The average molecular weight is 228 g/mol. The Morgan fingerprint density at radius 3 is 2.31 bits per heavy atom. The molecule has 0 aromatic heterocycles. The van der Waals surface area contributed by atoms with Gasteiger partial charge in [-0.1, -0.05) is 13.8 Å². The van der Waals surface area contributed by atoms with Gasteiger partial charge in [0, 0.05) is 19.6 Å². The summed E-state index contributed by atoms with van der Waals surface area (Å²) in [5.74, 6) is -0.464. The number of aliphatic carboxylic acids is 1. The Hall–Kier alpha value is -1.10. The van der Waals surface area contributed by atoms with E-state index in [9.17, 15) is 9.59 Å². The highest BCUT2D eigenvalue weighted by molar-refractivity contribution is 5.79. The molecule has 1 amide bonds. The molecule has 0 aromatic rings. The van der Waals surface area contributed by atoms with E-state index in [0.29, 0.717) is 12.5 Å². The SMILES string of the molecule is CC(C)CN(CC(=O)O)CC(=O)N1CCC1. The molecule has 5 nitrogen and oxygen atoms in total. The third-order valence-corrected chi connectivity index (χ3v) is 2.55. The Balaban J connectivity index is 2.41. The summed E-state index contributed by atoms with van der Waals surface area (Å²) >= 11 is 0. The molecule has 1 aliphatic rings. The Labute approximate surface area is 96.0 Å². The number of carboxylic acids is 1. The van der Waals surface area contributed by atoms with Crippen molar-refractivity contribution in [3.05, 3.63) is 0 Å². The molecule has 1 fully saturated rings. The maximum Gasteiger partial charge on any atom is 0.317 e. The number of hydrogen-bond acceptors (Lipinski definition) is 3. The van der Waals surface area contributed by atoms with Gasteiger partial charge in [0.1, 0.15) is 0 Å². The fraction of sp³-hybridized carbons (Fsp3) is 0.818. The van der Waals surface area contributed by atoms with Crippen LogP contribution in [0.2, 0.25) is 0 Å². The number of nitrogens with zero attached hydrogens (tertiary/aromatic N) is 2. The Morgan fingerprint density at radius 1 is 1.31 bits per heavy atom. The zero-order valence-corrected chi connectivity index (χ0v) is 9.98. The normalized spacial score (nSPS) is 15.4. The summed E-state index contributed by atoms with van der Waals surface area (Å²) in [4.78, 5) is 25.8. The van der Waals surface area contributed by atoms with E-state index >= 15 is 0 Å². The van der Waals surface area contributed by atoms with Crippen molar-refractivity contribution in [2.45, 2.75) is 20.3 Å². The van der Waals surface area contributed by atoms with Gasteiger partial charge < -0.3 is 10.0 Å². The second-order valence-electron chi connectivity index (χ2n) is 4.69. The second-order valence-corrected chi connectivity index (χ2v) is 4.69. The van der Waals surface area contributed by atoms with Gasteiger partial charge in [-0.15, -0.1) is 0 Å². The summed E-state index contributed by atoms with van der Waals surface area (Å²) < 4.78 is 0. The number of likely N-dealkylation sites (tertiary alicyclic amines) is 1. The molecular formula is C11H20N2O3. The minimum Gasteiger partial charge on any atom is -0.480 e. The van der Waals surface area contributed by atoms with E-state index in [4.69, 9.17) is 5.11 Å². The fourth-order valence-electron chi connectivity index (χ4n) is 1.75. The molecule has 1 N–H and O–H groups in total. The summed E-state index contributed by atoms with van der Waals surface area (Å²) in [7, 11) is 0. The molecule has 0 aliphatic carbocycles. The van der Waals surface area contributed by atoms with Crippen molar-refractivity contribution in [1.82, 2.24) is 9.80 Å². The van der Waals surface area contributed by atoms with E-state index in [1.165, 1.54) is 0 Å². The first-order valence-electron chi connectivity index (χ1n) is 5.71. The molecule has 1 heterocycles. The quantitative estimate of drug-likeness (QED) is 0.708. The smallest absolute Gasteiger partial charge is 0.317 e. The average Bonchev–Trinajstić information content (AvgIpc) is 1.95. The number of rotatable bonds is 6. The fourth-order valence-corrected chi connectivity index (χ4v) is 1.75. The maximum absolute atomic E-state index is 11.7. The molecule has 1 aliphatic heterocycles.